The van der Waals surface area contributed by atoms with Crippen molar-refractivity contribution < 1.29 is 14.3 Å². The van der Waals surface area contributed by atoms with Crippen molar-refractivity contribution in [3.8, 4) is 5.75 Å². The van der Waals surface area contributed by atoms with Crippen LogP contribution in [-0.2, 0) is 4.74 Å². The first-order valence-electron chi connectivity index (χ1n) is 9.81. The van der Waals surface area contributed by atoms with E-state index in [1.165, 1.54) is 45.2 Å². The van der Waals surface area contributed by atoms with Crippen LogP contribution in [0, 0.1) is 5.92 Å². The molecule has 0 N–H and O–H groups in total. The van der Waals surface area contributed by atoms with E-state index in [9.17, 15) is 4.79 Å². The van der Waals surface area contributed by atoms with Gasteiger partial charge in [-0.2, -0.15) is 0 Å². The topological polar surface area (TPSA) is 38.8 Å². The molecule has 4 nitrogen and oxygen atoms in total. The third-order valence-electron chi connectivity index (χ3n) is 5.41. The van der Waals surface area contributed by atoms with Crippen molar-refractivity contribution >= 4 is 18.4 Å². The van der Waals surface area contributed by atoms with E-state index < -0.39 is 0 Å². The van der Waals surface area contributed by atoms with Crippen LogP contribution in [-0.4, -0.2) is 42.7 Å². The Morgan fingerprint density at radius 3 is 2.58 bits per heavy atom. The van der Waals surface area contributed by atoms with E-state index in [0.717, 1.165) is 12.2 Å². The SMILES string of the molecule is CC(C)Oc1ccc(C(=O)OCCC2CCCN3CCCCC23)cc1.Cl. The highest BCUT2D eigenvalue weighted by molar-refractivity contribution is 5.89. The molecule has 0 saturated carbocycles. The number of nitrogens with zero attached hydrogens (tertiary/aromatic N) is 1. The Bertz CT molecular complexity index is 559. The lowest BCUT2D eigenvalue weighted by Gasteiger charge is -2.44. The van der Waals surface area contributed by atoms with Crippen LogP contribution in [0.2, 0.25) is 0 Å². The van der Waals surface area contributed by atoms with E-state index in [1.807, 2.05) is 26.0 Å². The van der Waals surface area contributed by atoms with Crippen LogP contribution in [0.5, 0.6) is 5.75 Å². The van der Waals surface area contributed by atoms with Gasteiger partial charge in [0.15, 0.2) is 0 Å². The molecule has 0 radical (unpaired) electrons. The highest BCUT2D eigenvalue weighted by Crippen LogP contribution is 2.32. The largest absolute Gasteiger partial charge is 0.491 e. The average molecular weight is 382 g/mol. The molecule has 0 spiro atoms. The summed E-state index contributed by atoms with van der Waals surface area (Å²) in [6, 6.07) is 7.94. The fourth-order valence-electron chi connectivity index (χ4n) is 4.24. The summed E-state index contributed by atoms with van der Waals surface area (Å²) < 4.78 is 11.1. The molecular formula is C21H32ClNO3. The Morgan fingerprint density at radius 2 is 1.85 bits per heavy atom. The smallest absolute Gasteiger partial charge is 0.338 e. The van der Waals surface area contributed by atoms with Gasteiger partial charge >= 0.3 is 5.97 Å². The Labute approximate surface area is 163 Å². The zero-order valence-electron chi connectivity index (χ0n) is 16.0. The maximum atomic E-state index is 12.2. The minimum absolute atomic E-state index is 0. The number of carbonyl (C=O) groups is 1. The fraction of sp³-hybridized carbons (Fsp3) is 0.667. The van der Waals surface area contributed by atoms with Crippen molar-refractivity contribution in [3.63, 3.8) is 0 Å². The van der Waals surface area contributed by atoms with Gasteiger partial charge < -0.3 is 14.4 Å². The number of fused-ring (bicyclic) bond motifs is 1. The molecule has 1 aromatic carbocycles. The monoisotopic (exact) mass is 381 g/mol. The summed E-state index contributed by atoms with van der Waals surface area (Å²) in [6.07, 6.45) is 7.69. The number of ether oxygens (including phenoxy) is 2. The van der Waals surface area contributed by atoms with Gasteiger partial charge in [-0.25, -0.2) is 4.79 Å². The first-order chi connectivity index (χ1) is 12.1. The Kier molecular flexibility index (Phi) is 8.23. The molecule has 2 heterocycles. The van der Waals surface area contributed by atoms with Crippen molar-refractivity contribution in [3.05, 3.63) is 29.8 Å². The summed E-state index contributed by atoms with van der Waals surface area (Å²) in [5.74, 6) is 1.24. The highest BCUT2D eigenvalue weighted by atomic mass is 35.5. The molecule has 2 unspecified atom stereocenters. The summed E-state index contributed by atoms with van der Waals surface area (Å²) >= 11 is 0. The molecule has 0 aromatic heterocycles. The van der Waals surface area contributed by atoms with Gasteiger partial charge in [0.2, 0.25) is 0 Å². The van der Waals surface area contributed by atoms with Crippen LogP contribution in [0.3, 0.4) is 0 Å². The van der Waals surface area contributed by atoms with Gasteiger partial charge in [-0.3, -0.25) is 0 Å². The molecule has 0 bridgehead atoms. The Hall–Kier alpha value is -1.26. The van der Waals surface area contributed by atoms with E-state index in [1.54, 1.807) is 12.1 Å². The summed E-state index contributed by atoms with van der Waals surface area (Å²) in [4.78, 5) is 14.9. The van der Waals surface area contributed by atoms with Crippen molar-refractivity contribution in [1.82, 2.24) is 4.90 Å². The molecule has 2 atom stereocenters. The maximum absolute atomic E-state index is 12.2. The summed E-state index contributed by atoms with van der Waals surface area (Å²) in [7, 11) is 0. The molecule has 2 fully saturated rings. The van der Waals surface area contributed by atoms with Gasteiger partial charge in [0.05, 0.1) is 18.3 Å². The quantitative estimate of drug-likeness (QED) is 0.669. The van der Waals surface area contributed by atoms with Crippen molar-refractivity contribution in [1.29, 1.82) is 0 Å². The summed E-state index contributed by atoms with van der Waals surface area (Å²) in [5, 5.41) is 0. The van der Waals surface area contributed by atoms with E-state index in [0.29, 0.717) is 24.1 Å². The van der Waals surface area contributed by atoms with Gasteiger partial charge in [-0.1, -0.05) is 6.42 Å². The van der Waals surface area contributed by atoms with Crippen LogP contribution in [0.1, 0.15) is 62.7 Å². The molecule has 2 aliphatic heterocycles. The number of esters is 1. The van der Waals surface area contributed by atoms with Gasteiger partial charge in [0, 0.05) is 6.04 Å². The van der Waals surface area contributed by atoms with Crippen LogP contribution >= 0.6 is 12.4 Å². The molecule has 5 heteroatoms. The van der Waals surface area contributed by atoms with Gasteiger partial charge in [0.1, 0.15) is 5.75 Å². The predicted molar refractivity (Wildman–Crippen MR) is 106 cm³/mol. The fourth-order valence-corrected chi connectivity index (χ4v) is 4.24. The molecule has 2 aliphatic rings. The van der Waals surface area contributed by atoms with E-state index in [-0.39, 0.29) is 24.5 Å². The van der Waals surface area contributed by atoms with Crippen LogP contribution in [0.15, 0.2) is 24.3 Å². The van der Waals surface area contributed by atoms with E-state index >= 15 is 0 Å². The number of hydrogen-bond acceptors (Lipinski definition) is 4. The molecule has 1 aromatic rings. The minimum atomic E-state index is -0.229. The zero-order chi connectivity index (χ0) is 17.6. The maximum Gasteiger partial charge on any atom is 0.338 e. The number of hydrogen-bond donors (Lipinski definition) is 0. The predicted octanol–water partition coefficient (Wildman–Crippen LogP) is 4.71. The molecule has 2 saturated heterocycles. The molecule has 3 rings (SSSR count). The molecule has 26 heavy (non-hydrogen) atoms. The Morgan fingerprint density at radius 1 is 1.12 bits per heavy atom. The molecular weight excluding hydrogens is 350 g/mol. The van der Waals surface area contributed by atoms with Crippen molar-refractivity contribution in [2.24, 2.45) is 5.92 Å². The van der Waals surface area contributed by atoms with Gasteiger partial charge in [-0.05, 0) is 89.2 Å². The van der Waals surface area contributed by atoms with Crippen molar-refractivity contribution in [2.45, 2.75) is 64.5 Å². The second kappa shape index (κ2) is 10.2. The second-order valence-corrected chi connectivity index (χ2v) is 7.62. The third kappa shape index (κ3) is 5.62. The molecule has 0 amide bonds. The Balaban J connectivity index is 0.00000243. The van der Waals surface area contributed by atoms with Gasteiger partial charge in [0.25, 0.3) is 0 Å². The lowest BCUT2D eigenvalue weighted by molar-refractivity contribution is 0.0296. The molecule has 146 valence electrons. The van der Waals surface area contributed by atoms with Crippen LogP contribution in [0.4, 0.5) is 0 Å². The van der Waals surface area contributed by atoms with Crippen LogP contribution in [0.25, 0.3) is 0 Å². The number of piperidine rings is 2. The third-order valence-corrected chi connectivity index (χ3v) is 5.41. The summed E-state index contributed by atoms with van der Waals surface area (Å²) in [6.45, 7) is 7.01. The number of rotatable bonds is 6. The lowest BCUT2D eigenvalue weighted by Crippen LogP contribution is -2.48. The molecule has 0 aliphatic carbocycles. The van der Waals surface area contributed by atoms with Crippen molar-refractivity contribution in [2.75, 3.05) is 19.7 Å². The zero-order valence-corrected chi connectivity index (χ0v) is 16.8. The van der Waals surface area contributed by atoms with Crippen LogP contribution < -0.4 is 4.74 Å². The van der Waals surface area contributed by atoms with E-state index in [2.05, 4.69) is 4.90 Å². The first-order valence-corrected chi connectivity index (χ1v) is 9.81. The number of halogens is 1. The van der Waals surface area contributed by atoms with Gasteiger partial charge in [-0.15, -0.1) is 12.4 Å². The minimum Gasteiger partial charge on any atom is -0.491 e. The summed E-state index contributed by atoms with van der Waals surface area (Å²) in [5.41, 5.74) is 0.596. The highest BCUT2D eigenvalue weighted by Gasteiger charge is 2.32. The normalized spacial score (nSPS) is 23.0. The standard InChI is InChI=1S/C21H31NO3.ClH/c1-16(2)25-19-10-8-18(9-11-19)21(23)24-15-12-17-6-5-14-22-13-4-3-7-20(17)22;/h8-11,16-17,20H,3-7,12-15H2,1-2H3;1H. The number of carbonyl (C=O) groups excluding carboxylic acids is 1. The number of benzene rings is 1. The average Bonchev–Trinajstić information content (AvgIpc) is 2.62. The second-order valence-electron chi connectivity index (χ2n) is 7.62. The van der Waals surface area contributed by atoms with E-state index in [4.69, 9.17) is 9.47 Å². The first kappa shape index (κ1) is 21.0. The lowest BCUT2D eigenvalue weighted by atomic mass is 9.82.